The molecule has 0 aromatic carbocycles. The monoisotopic (exact) mass is 362 g/mol. The van der Waals surface area contributed by atoms with Gasteiger partial charge in [-0.05, 0) is 57.0 Å². The molecule has 4 aliphatic rings. The third-order valence-electron chi connectivity index (χ3n) is 5.96. The Balaban J connectivity index is 0.000001000. The Kier molecular flexibility index (Phi) is 4.21. The minimum Gasteiger partial charge on any atom is -0.300 e. The molecule has 0 aromatic heterocycles. The fourth-order valence-corrected chi connectivity index (χ4v) is 5.25. The van der Waals surface area contributed by atoms with Crippen molar-refractivity contribution in [3.8, 4) is 0 Å². The van der Waals surface area contributed by atoms with Gasteiger partial charge in [-0.3, -0.25) is 9.80 Å². The molecule has 0 radical (unpaired) electrons. The molecule has 0 spiro atoms. The van der Waals surface area contributed by atoms with E-state index in [1.54, 1.807) is 6.42 Å². The van der Waals surface area contributed by atoms with E-state index in [1.807, 2.05) is 0 Å². The van der Waals surface area contributed by atoms with Crippen LogP contribution in [-0.4, -0.2) is 48.1 Å². The van der Waals surface area contributed by atoms with E-state index in [1.165, 1.54) is 64.7 Å². The first kappa shape index (κ1) is 13.6. The lowest BCUT2D eigenvalue weighted by Gasteiger charge is -2.57. The lowest BCUT2D eigenvalue weighted by molar-refractivity contribution is -0.0718. The first-order valence-electron chi connectivity index (χ1n) is 7.90. The van der Waals surface area contributed by atoms with Crippen LogP contribution in [0.5, 0.6) is 0 Å². The first-order chi connectivity index (χ1) is 8.42. The summed E-state index contributed by atoms with van der Waals surface area (Å²) in [6.45, 7) is 5.68. The summed E-state index contributed by atoms with van der Waals surface area (Å²) in [7, 11) is 0. The van der Waals surface area contributed by atoms with E-state index in [0.29, 0.717) is 0 Å². The fourth-order valence-electron chi connectivity index (χ4n) is 5.25. The first-order valence-corrected chi connectivity index (χ1v) is 7.90. The van der Waals surface area contributed by atoms with Gasteiger partial charge in [-0.15, -0.1) is 24.0 Å². The second-order valence-corrected chi connectivity index (χ2v) is 6.87. The Bertz CT molecular complexity index is 268. The minimum atomic E-state index is 0. The molecule has 0 aromatic rings. The van der Waals surface area contributed by atoms with Crippen LogP contribution in [-0.2, 0) is 0 Å². The van der Waals surface area contributed by atoms with Crippen molar-refractivity contribution in [1.29, 1.82) is 0 Å². The topological polar surface area (TPSA) is 6.48 Å². The van der Waals surface area contributed by atoms with Crippen LogP contribution in [0.1, 0.15) is 44.9 Å². The summed E-state index contributed by atoms with van der Waals surface area (Å²) in [4.78, 5) is 5.74. The Morgan fingerprint density at radius 3 is 1.67 bits per heavy atom. The summed E-state index contributed by atoms with van der Waals surface area (Å²) in [5.41, 5.74) is 0. The highest BCUT2D eigenvalue weighted by Crippen LogP contribution is 2.42. The third kappa shape index (κ3) is 2.24. The predicted molar refractivity (Wildman–Crippen MR) is 85.4 cm³/mol. The largest absolute Gasteiger partial charge is 0.300 e. The second kappa shape index (κ2) is 5.57. The average Bonchev–Trinajstić information content (AvgIpc) is 2.39. The number of piperidine rings is 4. The number of rotatable bonds is 0. The maximum atomic E-state index is 2.87. The molecule has 0 amide bonds. The zero-order valence-electron chi connectivity index (χ0n) is 11.4. The average molecular weight is 362 g/mol. The third-order valence-corrected chi connectivity index (χ3v) is 5.96. The van der Waals surface area contributed by atoms with E-state index < -0.39 is 0 Å². The molecule has 4 rings (SSSR count). The molecule has 0 N–H and O–H groups in total. The van der Waals surface area contributed by atoms with E-state index in [0.717, 1.165) is 23.9 Å². The summed E-state index contributed by atoms with van der Waals surface area (Å²) in [5, 5.41) is 0. The molecule has 4 fully saturated rings. The molecule has 4 heterocycles. The molecule has 0 saturated carbocycles. The fraction of sp³-hybridized carbons (Fsp3) is 1.00. The van der Waals surface area contributed by atoms with Gasteiger partial charge in [0.2, 0.25) is 0 Å². The van der Waals surface area contributed by atoms with Crippen molar-refractivity contribution < 1.29 is 0 Å². The highest BCUT2D eigenvalue weighted by Gasteiger charge is 2.46. The van der Waals surface area contributed by atoms with Crippen molar-refractivity contribution in [2.24, 2.45) is 11.8 Å². The quantitative estimate of drug-likeness (QED) is 0.612. The summed E-state index contributed by atoms with van der Waals surface area (Å²) in [6.07, 6.45) is 10.5. The van der Waals surface area contributed by atoms with E-state index in [9.17, 15) is 0 Å². The normalized spacial score (nSPS) is 44.7. The summed E-state index contributed by atoms with van der Waals surface area (Å²) >= 11 is 0. The maximum absolute atomic E-state index is 2.87. The van der Waals surface area contributed by atoms with E-state index >= 15 is 0 Å². The maximum Gasteiger partial charge on any atom is 0.0136 e. The number of hydrogen-bond donors (Lipinski definition) is 0. The lowest BCUT2D eigenvalue weighted by Crippen LogP contribution is -2.63. The highest BCUT2D eigenvalue weighted by atomic mass is 127. The van der Waals surface area contributed by atoms with E-state index in [4.69, 9.17) is 0 Å². The van der Waals surface area contributed by atoms with Gasteiger partial charge in [-0.25, -0.2) is 0 Å². The molecule has 0 aliphatic carbocycles. The molecule has 18 heavy (non-hydrogen) atoms. The highest BCUT2D eigenvalue weighted by molar-refractivity contribution is 14.0. The Labute approximate surface area is 128 Å². The Morgan fingerprint density at radius 1 is 0.667 bits per heavy atom. The van der Waals surface area contributed by atoms with Crippen molar-refractivity contribution in [2.75, 3.05) is 26.2 Å². The molecule has 104 valence electrons. The zero-order chi connectivity index (χ0) is 11.2. The van der Waals surface area contributed by atoms with Crippen molar-refractivity contribution in [3.63, 3.8) is 0 Å². The summed E-state index contributed by atoms with van der Waals surface area (Å²) < 4.78 is 0. The molecular weight excluding hydrogens is 335 g/mol. The van der Waals surface area contributed by atoms with Gasteiger partial charge in [0, 0.05) is 25.2 Å². The van der Waals surface area contributed by atoms with Crippen LogP contribution in [0.15, 0.2) is 0 Å². The van der Waals surface area contributed by atoms with Crippen molar-refractivity contribution >= 4 is 24.0 Å². The smallest absolute Gasteiger partial charge is 0.0136 e. The van der Waals surface area contributed by atoms with E-state index in [2.05, 4.69) is 9.80 Å². The van der Waals surface area contributed by atoms with Crippen LogP contribution in [0.2, 0.25) is 0 Å². The van der Waals surface area contributed by atoms with Crippen LogP contribution >= 0.6 is 24.0 Å². The summed E-state index contributed by atoms with van der Waals surface area (Å²) in [5.74, 6) is 2.03. The van der Waals surface area contributed by atoms with Crippen molar-refractivity contribution in [3.05, 3.63) is 0 Å². The van der Waals surface area contributed by atoms with Crippen LogP contribution in [0.25, 0.3) is 0 Å². The van der Waals surface area contributed by atoms with Crippen molar-refractivity contribution in [1.82, 2.24) is 9.80 Å². The predicted octanol–water partition coefficient (Wildman–Crippen LogP) is 2.96. The molecule has 0 unspecified atom stereocenters. The molecule has 4 atom stereocenters. The van der Waals surface area contributed by atoms with Crippen LogP contribution in [0, 0.1) is 11.8 Å². The number of nitrogens with zero attached hydrogens (tertiary/aromatic N) is 2. The van der Waals surface area contributed by atoms with Gasteiger partial charge in [-0.2, -0.15) is 0 Å². The second-order valence-electron chi connectivity index (χ2n) is 6.87. The van der Waals surface area contributed by atoms with Gasteiger partial charge >= 0.3 is 0 Å². The molecule has 3 heteroatoms. The SMILES string of the molecule is C1CCN2C[C@@H]3C[C@@H](CN4CCCC[C@@H]34)[C@H]2C1.I. The lowest BCUT2D eigenvalue weighted by atomic mass is 9.71. The van der Waals surface area contributed by atoms with E-state index in [-0.39, 0.29) is 24.0 Å². The van der Waals surface area contributed by atoms with Gasteiger partial charge in [-0.1, -0.05) is 12.8 Å². The molecular formula is C15H27IN2. The number of fused-ring (bicyclic) bond motifs is 6. The van der Waals surface area contributed by atoms with Gasteiger partial charge in [0.15, 0.2) is 0 Å². The van der Waals surface area contributed by atoms with Gasteiger partial charge in [0.05, 0.1) is 0 Å². The number of hydrogen-bond acceptors (Lipinski definition) is 2. The van der Waals surface area contributed by atoms with Crippen LogP contribution in [0.4, 0.5) is 0 Å². The Hall–Kier alpha value is 0.650. The summed E-state index contributed by atoms with van der Waals surface area (Å²) in [6, 6.07) is 1.92. The minimum absolute atomic E-state index is 0. The molecule has 2 bridgehead atoms. The van der Waals surface area contributed by atoms with Crippen LogP contribution < -0.4 is 0 Å². The Morgan fingerprint density at radius 2 is 1.17 bits per heavy atom. The molecule has 4 saturated heterocycles. The zero-order valence-corrected chi connectivity index (χ0v) is 13.7. The van der Waals surface area contributed by atoms with Gasteiger partial charge in [0.1, 0.15) is 0 Å². The standard InChI is InChI=1S/C15H26N2.HI/c1-3-7-16-11-13-9-12(14(16)5-1)10-17-8-4-2-6-15(13)17;/h12-15H,1-11H2;1H/t12-,13-,14-,15+;/m0./s1. The van der Waals surface area contributed by atoms with Gasteiger partial charge < -0.3 is 0 Å². The van der Waals surface area contributed by atoms with Gasteiger partial charge in [0.25, 0.3) is 0 Å². The number of halogens is 1. The molecule has 4 aliphatic heterocycles. The molecule has 2 nitrogen and oxygen atoms in total. The van der Waals surface area contributed by atoms with Crippen LogP contribution in [0.3, 0.4) is 0 Å². The van der Waals surface area contributed by atoms with Crippen molar-refractivity contribution in [2.45, 2.75) is 57.0 Å².